The first-order valence-electron chi connectivity index (χ1n) is 8.04. The zero-order valence-electron chi connectivity index (χ0n) is 13.1. The minimum atomic E-state index is -0.573. The predicted octanol–water partition coefficient (Wildman–Crippen LogP) is 5.37. The number of thioether (sulfide) groups is 1. The molecular weight excluding hydrogens is 272 g/mol. The first-order valence-corrected chi connectivity index (χ1v) is 10.5. The molecular formula is C16H32OS2. The summed E-state index contributed by atoms with van der Waals surface area (Å²) in [5.74, 6) is 2.15. The van der Waals surface area contributed by atoms with Crippen LogP contribution in [0.2, 0.25) is 0 Å². The van der Waals surface area contributed by atoms with Crippen molar-refractivity contribution >= 4 is 22.6 Å². The highest BCUT2D eigenvalue weighted by atomic mass is 32.2. The van der Waals surface area contributed by atoms with Crippen LogP contribution in [0, 0.1) is 5.41 Å². The van der Waals surface area contributed by atoms with Crippen LogP contribution in [0.5, 0.6) is 0 Å². The summed E-state index contributed by atoms with van der Waals surface area (Å²) in [5.41, 5.74) is 0.370. The van der Waals surface area contributed by atoms with Gasteiger partial charge < -0.3 is 0 Å². The quantitative estimate of drug-likeness (QED) is 0.533. The van der Waals surface area contributed by atoms with E-state index in [1.807, 2.05) is 11.8 Å². The van der Waals surface area contributed by atoms with Crippen molar-refractivity contribution in [2.75, 3.05) is 11.5 Å². The van der Waals surface area contributed by atoms with E-state index >= 15 is 0 Å². The minimum Gasteiger partial charge on any atom is -0.258 e. The molecule has 0 amide bonds. The zero-order chi connectivity index (χ0) is 14.1. The SMILES string of the molecule is CCCCCCCCC(C)(C)C[C@H]1SCCC[S@@]1=O. The second kappa shape index (κ2) is 9.44. The molecule has 0 bridgehead atoms. The maximum Gasteiger partial charge on any atom is 0.0806 e. The van der Waals surface area contributed by atoms with Gasteiger partial charge in [-0.05, 0) is 30.4 Å². The van der Waals surface area contributed by atoms with Crippen molar-refractivity contribution < 1.29 is 4.21 Å². The van der Waals surface area contributed by atoms with E-state index in [1.165, 1.54) is 50.7 Å². The lowest BCUT2D eigenvalue weighted by Gasteiger charge is -2.31. The Balaban J connectivity index is 2.17. The van der Waals surface area contributed by atoms with Crippen LogP contribution in [-0.2, 0) is 10.8 Å². The van der Waals surface area contributed by atoms with Crippen molar-refractivity contribution in [3.8, 4) is 0 Å². The number of hydrogen-bond donors (Lipinski definition) is 0. The summed E-state index contributed by atoms with van der Waals surface area (Å²) >= 11 is 1.95. The van der Waals surface area contributed by atoms with Crippen LogP contribution in [0.25, 0.3) is 0 Å². The Morgan fingerprint density at radius 3 is 2.53 bits per heavy atom. The summed E-state index contributed by atoms with van der Waals surface area (Å²) in [7, 11) is -0.573. The number of hydrogen-bond acceptors (Lipinski definition) is 2. The Hall–Kier alpha value is 0.500. The highest BCUT2D eigenvalue weighted by Crippen LogP contribution is 2.36. The molecule has 3 heteroatoms. The highest BCUT2D eigenvalue weighted by molar-refractivity contribution is 8.11. The van der Waals surface area contributed by atoms with Gasteiger partial charge in [0.05, 0.1) is 4.58 Å². The van der Waals surface area contributed by atoms with Gasteiger partial charge in [-0.1, -0.05) is 59.3 Å². The summed E-state index contributed by atoms with van der Waals surface area (Å²) in [4.78, 5) is 0. The summed E-state index contributed by atoms with van der Waals surface area (Å²) in [5, 5.41) is 0. The molecule has 0 aromatic heterocycles. The third-order valence-electron chi connectivity index (χ3n) is 4.01. The molecule has 2 atom stereocenters. The molecule has 1 aliphatic heterocycles. The number of unbranched alkanes of at least 4 members (excludes halogenated alkanes) is 5. The average Bonchev–Trinajstić information content (AvgIpc) is 2.36. The van der Waals surface area contributed by atoms with Gasteiger partial charge in [0.1, 0.15) is 0 Å². The molecule has 0 saturated carbocycles. The fraction of sp³-hybridized carbons (Fsp3) is 1.00. The van der Waals surface area contributed by atoms with Crippen molar-refractivity contribution in [3.05, 3.63) is 0 Å². The fourth-order valence-electron chi connectivity index (χ4n) is 2.71. The summed E-state index contributed by atoms with van der Waals surface area (Å²) in [6.07, 6.45) is 11.8. The lowest BCUT2D eigenvalue weighted by atomic mass is 9.84. The molecule has 1 nitrogen and oxygen atoms in total. The molecule has 19 heavy (non-hydrogen) atoms. The van der Waals surface area contributed by atoms with Crippen LogP contribution in [0.15, 0.2) is 0 Å². The van der Waals surface area contributed by atoms with E-state index in [9.17, 15) is 4.21 Å². The van der Waals surface area contributed by atoms with Crippen LogP contribution in [0.1, 0.15) is 78.6 Å². The average molecular weight is 305 g/mol. The zero-order valence-corrected chi connectivity index (χ0v) is 14.7. The lowest BCUT2D eigenvalue weighted by molar-refractivity contribution is 0.304. The predicted molar refractivity (Wildman–Crippen MR) is 90.3 cm³/mol. The van der Waals surface area contributed by atoms with Gasteiger partial charge in [0.15, 0.2) is 0 Å². The lowest BCUT2D eigenvalue weighted by Crippen LogP contribution is -2.27. The molecule has 114 valence electrons. The van der Waals surface area contributed by atoms with Crippen molar-refractivity contribution in [1.82, 2.24) is 0 Å². The molecule has 0 unspecified atom stereocenters. The van der Waals surface area contributed by atoms with Gasteiger partial charge >= 0.3 is 0 Å². The molecule has 1 fully saturated rings. The second-order valence-corrected chi connectivity index (χ2v) is 9.97. The van der Waals surface area contributed by atoms with Gasteiger partial charge in [0.2, 0.25) is 0 Å². The van der Waals surface area contributed by atoms with Crippen LogP contribution >= 0.6 is 11.8 Å². The highest BCUT2D eigenvalue weighted by Gasteiger charge is 2.28. The normalized spacial score (nSPS) is 24.6. The number of rotatable bonds is 9. The maximum atomic E-state index is 12.0. The molecule has 0 N–H and O–H groups in total. The molecule has 0 aromatic rings. The largest absolute Gasteiger partial charge is 0.258 e. The Bertz CT molecular complexity index is 263. The standard InChI is InChI=1S/C16H32OS2/c1-4-5-6-7-8-9-11-16(2,3)14-15-18-12-10-13-19(15)17/h15H,4-14H2,1-3H3/t15-,19-/m0/s1. The molecule has 0 aromatic carbocycles. The Labute approximate surface area is 127 Å². The van der Waals surface area contributed by atoms with Crippen molar-refractivity contribution in [1.29, 1.82) is 0 Å². The second-order valence-electron chi connectivity index (χ2n) is 6.62. The molecule has 1 saturated heterocycles. The van der Waals surface area contributed by atoms with E-state index < -0.39 is 10.8 Å². The van der Waals surface area contributed by atoms with Gasteiger partial charge in [-0.3, -0.25) is 4.21 Å². The van der Waals surface area contributed by atoms with Gasteiger partial charge in [-0.25, -0.2) is 0 Å². The van der Waals surface area contributed by atoms with Gasteiger partial charge in [-0.15, -0.1) is 11.8 Å². The van der Waals surface area contributed by atoms with Gasteiger partial charge in [0.25, 0.3) is 0 Å². The van der Waals surface area contributed by atoms with Crippen LogP contribution in [0.4, 0.5) is 0 Å². The van der Waals surface area contributed by atoms with Crippen LogP contribution < -0.4 is 0 Å². The monoisotopic (exact) mass is 304 g/mol. The van der Waals surface area contributed by atoms with Crippen molar-refractivity contribution in [3.63, 3.8) is 0 Å². The van der Waals surface area contributed by atoms with E-state index in [0.29, 0.717) is 10.00 Å². The van der Waals surface area contributed by atoms with E-state index in [0.717, 1.165) is 18.6 Å². The molecule has 1 heterocycles. The van der Waals surface area contributed by atoms with Crippen LogP contribution in [-0.4, -0.2) is 20.3 Å². The van der Waals surface area contributed by atoms with Crippen molar-refractivity contribution in [2.24, 2.45) is 5.41 Å². The smallest absolute Gasteiger partial charge is 0.0806 e. The van der Waals surface area contributed by atoms with E-state index in [2.05, 4.69) is 20.8 Å². The molecule has 1 rings (SSSR count). The third-order valence-corrected chi connectivity index (χ3v) is 7.57. The molecule has 1 aliphatic rings. The Morgan fingerprint density at radius 2 is 1.84 bits per heavy atom. The topological polar surface area (TPSA) is 17.1 Å². The first kappa shape index (κ1) is 17.6. The molecule has 0 aliphatic carbocycles. The summed E-state index contributed by atoms with van der Waals surface area (Å²) < 4.78 is 12.4. The van der Waals surface area contributed by atoms with Gasteiger partial charge in [0, 0.05) is 16.6 Å². The molecule has 0 radical (unpaired) electrons. The Morgan fingerprint density at radius 1 is 1.16 bits per heavy atom. The van der Waals surface area contributed by atoms with Crippen LogP contribution in [0.3, 0.4) is 0 Å². The Kier molecular flexibility index (Phi) is 8.72. The van der Waals surface area contributed by atoms with Gasteiger partial charge in [-0.2, -0.15) is 0 Å². The minimum absolute atomic E-state index is 0.370. The van der Waals surface area contributed by atoms with E-state index in [4.69, 9.17) is 0 Å². The van der Waals surface area contributed by atoms with E-state index in [1.54, 1.807) is 0 Å². The molecule has 0 spiro atoms. The first-order chi connectivity index (χ1) is 9.05. The van der Waals surface area contributed by atoms with Crippen molar-refractivity contribution in [2.45, 2.75) is 83.1 Å². The van der Waals surface area contributed by atoms with E-state index in [-0.39, 0.29) is 0 Å². The maximum absolute atomic E-state index is 12.0. The fourth-order valence-corrected chi connectivity index (χ4v) is 6.55. The third kappa shape index (κ3) is 7.75. The summed E-state index contributed by atoms with van der Waals surface area (Å²) in [6.45, 7) is 7.00. The summed E-state index contributed by atoms with van der Waals surface area (Å²) in [6, 6.07) is 0.